The van der Waals surface area contributed by atoms with Crippen molar-refractivity contribution in [3.8, 4) is 0 Å². The lowest BCUT2D eigenvalue weighted by molar-refractivity contribution is 0.0745. The van der Waals surface area contributed by atoms with Crippen LogP contribution in [0.3, 0.4) is 0 Å². The van der Waals surface area contributed by atoms with Crippen LogP contribution in [0.4, 0.5) is 10.1 Å². The van der Waals surface area contributed by atoms with Gasteiger partial charge in [0.2, 0.25) is 0 Å². The van der Waals surface area contributed by atoms with E-state index in [4.69, 9.17) is 0 Å². The van der Waals surface area contributed by atoms with E-state index in [0.717, 1.165) is 5.69 Å². The highest BCUT2D eigenvalue weighted by atomic mass is 19.1. The van der Waals surface area contributed by atoms with Gasteiger partial charge in [0, 0.05) is 31.9 Å². The molecule has 4 rings (SSSR count). The van der Waals surface area contributed by atoms with Crippen molar-refractivity contribution >= 4 is 22.5 Å². The molecule has 132 valence electrons. The second kappa shape index (κ2) is 6.63. The molecule has 0 unspecified atom stereocenters. The number of hydrogen-bond donors (Lipinski definition) is 1. The summed E-state index contributed by atoms with van der Waals surface area (Å²) < 4.78 is 13.3. The van der Waals surface area contributed by atoms with E-state index in [1.54, 1.807) is 17.0 Å². The molecule has 0 saturated carbocycles. The Morgan fingerprint density at radius 1 is 0.962 bits per heavy atom. The molecule has 0 aliphatic carbocycles. The molecule has 0 bridgehead atoms. The van der Waals surface area contributed by atoms with E-state index in [2.05, 4.69) is 9.88 Å². The second-order valence-electron chi connectivity index (χ2n) is 6.36. The lowest BCUT2D eigenvalue weighted by Crippen LogP contribution is -2.49. The molecule has 3 aromatic rings. The van der Waals surface area contributed by atoms with E-state index in [1.165, 1.54) is 12.1 Å². The summed E-state index contributed by atoms with van der Waals surface area (Å²) in [7, 11) is 0. The number of carbonyl (C=O) groups excluding carboxylic acids is 1. The standard InChI is InChI=1S/C20H18FN3O2/c21-15-7-6-14-12-17(19(25)22-18(14)13-15)20(26)24-10-8-23(9-11-24)16-4-2-1-3-5-16/h1-7,12-13H,8-11H2,(H,22,25). The van der Waals surface area contributed by atoms with Crippen LogP contribution in [-0.2, 0) is 0 Å². The maximum Gasteiger partial charge on any atom is 0.261 e. The van der Waals surface area contributed by atoms with E-state index in [0.29, 0.717) is 37.1 Å². The Morgan fingerprint density at radius 2 is 1.69 bits per heavy atom. The fourth-order valence-electron chi connectivity index (χ4n) is 3.31. The van der Waals surface area contributed by atoms with Crippen molar-refractivity contribution in [2.45, 2.75) is 0 Å². The molecule has 0 spiro atoms. The number of H-pyrrole nitrogens is 1. The SMILES string of the molecule is O=C(c1cc2ccc(F)cc2[nH]c1=O)N1CCN(c2ccccc2)CC1. The van der Waals surface area contributed by atoms with Crippen LogP contribution in [0, 0.1) is 5.82 Å². The molecule has 1 fully saturated rings. The Hall–Kier alpha value is -3.15. The zero-order chi connectivity index (χ0) is 18.1. The predicted molar refractivity (Wildman–Crippen MR) is 99.1 cm³/mol. The van der Waals surface area contributed by atoms with Crippen molar-refractivity contribution in [1.29, 1.82) is 0 Å². The van der Waals surface area contributed by atoms with Crippen LogP contribution in [0.15, 0.2) is 59.4 Å². The molecule has 0 atom stereocenters. The maximum absolute atomic E-state index is 13.3. The third-order valence-electron chi connectivity index (χ3n) is 4.73. The van der Waals surface area contributed by atoms with Gasteiger partial charge in [0.25, 0.3) is 11.5 Å². The first-order valence-electron chi connectivity index (χ1n) is 8.54. The predicted octanol–water partition coefficient (Wildman–Crippen LogP) is 2.63. The van der Waals surface area contributed by atoms with Crippen LogP contribution >= 0.6 is 0 Å². The molecule has 1 saturated heterocycles. The summed E-state index contributed by atoms with van der Waals surface area (Å²) in [5, 5.41) is 0.636. The number of nitrogens with one attached hydrogen (secondary N) is 1. The Morgan fingerprint density at radius 3 is 2.42 bits per heavy atom. The molecule has 1 aliphatic heterocycles. The smallest absolute Gasteiger partial charge is 0.261 e. The zero-order valence-electron chi connectivity index (χ0n) is 14.1. The number of piperazine rings is 1. The number of halogens is 1. The number of aromatic nitrogens is 1. The van der Waals surface area contributed by atoms with Crippen LogP contribution < -0.4 is 10.5 Å². The van der Waals surface area contributed by atoms with Crippen molar-refractivity contribution in [2.24, 2.45) is 0 Å². The van der Waals surface area contributed by atoms with Crippen LogP contribution in [0.5, 0.6) is 0 Å². The molecular formula is C20H18FN3O2. The molecule has 26 heavy (non-hydrogen) atoms. The first-order chi connectivity index (χ1) is 12.6. The number of aromatic amines is 1. The molecule has 1 aromatic heterocycles. The first-order valence-corrected chi connectivity index (χ1v) is 8.54. The van der Waals surface area contributed by atoms with E-state index >= 15 is 0 Å². The minimum absolute atomic E-state index is 0.0947. The van der Waals surface area contributed by atoms with Crippen LogP contribution in [0.25, 0.3) is 10.9 Å². The van der Waals surface area contributed by atoms with Gasteiger partial charge in [0.15, 0.2) is 0 Å². The summed E-state index contributed by atoms with van der Waals surface area (Å²) in [6.45, 7) is 2.53. The van der Waals surface area contributed by atoms with Crippen molar-refractivity contribution < 1.29 is 9.18 Å². The summed E-state index contributed by atoms with van der Waals surface area (Å²) in [5.74, 6) is -0.713. The van der Waals surface area contributed by atoms with Crippen LogP contribution in [0.1, 0.15) is 10.4 Å². The average molecular weight is 351 g/mol. The summed E-state index contributed by atoms with van der Waals surface area (Å²) in [5.41, 5.74) is 1.13. The van der Waals surface area contributed by atoms with Crippen molar-refractivity contribution in [1.82, 2.24) is 9.88 Å². The third kappa shape index (κ3) is 3.06. The molecule has 1 aliphatic rings. The quantitative estimate of drug-likeness (QED) is 0.772. The van der Waals surface area contributed by atoms with Gasteiger partial charge in [-0.1, -0.05) is 18.2 Å². The van der Waals surface area contributed by atoms with Gasteiger partial charge < -0.3 is 14.8 Å². The van der Waals surface area contributed by atoms with Gasteiger partial charge in [-0.15, -0.1) is 0 Å². The number of nitrogens with zero attached hydrogens (tertiary/aromatic N) is 2. The first kappa shape index (κ1) is 16.3. The lowest BCUT2D eigenvalue weighted by Gasteiger charge is -2.36. The molecule has 6 heteroatoms. The monoisotopic (exact) mass is 351 g/mol. The van der Waals surface area contributed by atoms with Gasteiger partial charge in [-0.2, -0.15) is 0 Å². The number of anilines is 1. The molecular weight excluding hydrogens is 333 g/mol. The highest BCUT2D eigenvalue weighted by Gasteiger charge is 2.24. The minimum atomic E-state index is -0.487. The fourth-order valence-corrected chi connectivity index (χ4v) is 3.31. The molecule has 2 aromatic carbocycles. The van der Waals surface area contributed by atoms with Gasteiger partial charge in [0.1, 0.15) is 11.4 Å². The molecule has 0 radical (unpaired) electrons. The molecule has 1 amide bonds. The third-order valence-corrected chi connectivity index (χ3v) is 4.73. The van der Waals surface area contributed by atoms with E-state index in [1.807, 2.05) is 30.3 Å². The van der Waals surface area contributed by atoms with Gasteiger partial charge >= 0.3 is 0 Å². The Bertz CT molecular complexity index is 1010. The van der Waals surface area contributed by atoms with Gasteiger partial charge in [-0.05, 0) is 41.8 Å². The number of hydrogen-bond acceptors (Lipinski definition) is 3. The van der Waals surface area contributed by atoms with Gasteiger partial charge in [-0.3, -0.25) is 9.59 Å². The molecule has 5 nitrogen and oxygen atoms in total. The topological polar surface area (TPSA) is 56.4 Å². The summed E-state index contributed by atoms with van der Waals surface area (Å²) in [4.78, 5) is 31.6. The zero-order valence-corrected chi connectivity index (χ0v) is 14.1. The highest BCUT2D eigenvalue weighted by molar-refractivity contribution is 5.97. The van der Waals surface area contributed by atoms with E-state index in [-0.39, 0.29) is 11.5 Å². The summed E-state index contributed by atoms with van der Waals surface area (Å²) in [6.07, 6.45) is 0. The number of carbonyl (C=O) groups is 1. The lowest BCUT2D eigenvalue weighted by atomic mass is 10.1. The van der Waals surface area contributed by atoms with Gasteiger partial charge in [-0.25, -0.2) is 4.39 Å². The maximum atomic E-state index is 13.3. The number of benzene rings is 2. The Kier molecular flexibility index (Phi) is 4.16. The fraction of sp³-hybridized carbons (Fsp3) is 0.200. The van der Waals surface area contributed by atoms with Crippen LogP contribution in [-0.4, -0.2) is 42.0 Å². The van der Waals surface area contributed by atoms with Crippen molar-refractivity contribution in [2.75, 3.05) is 31.1 Å². The molecule has 1 N–H and O–H groups in total. The minimum Gasteiger partial charge on any atom is -0.368 e. The Labute approximate surface area is 149 Å². The number of rotatable bonds is 2. The largest absolute Gasteiger partial charge is 0.368 e. The number of amides is 1. The second-order valence-corrected chi connectivity index (χ2v) is 6.36. The van der Waals surface area contributed by atoms with Gasteiger partial charge in [0.05, 0.1) is 5.52 Å². The normalized spacial score (nSPS) is 14.7. The highest BCUT2D eigenvalue weighted by Crippen LogP contribution is 2.17. The summed E-state index contributed by atoms with van der Waals surface area (Å²) in [6, 6.07) is 15.7. The summed E-state index contributed by atoms with van der Waals surface area (Å²) >= 11 is 0. The van der Waals surface area contributed by atoms with Crippen molar-refractivity contribution in [3.63, 3.8) is 0 Å². The number of fused-ring (bicyclic) bond motifs is 1. The van der Waals surface area contributed by atoms with E-state index < -0.39 is 11.4 Å². The Balaban J connectivity index is 1.53. The van der Waals surface area contributed by atoms with E-state index in [9.17, 15) is 14.0 Å². The number of pyridine rings is 1. The van der Waals surface area contributed by atoms with Crippen molar-refractivity contribution in [3.05, 3.63) is 76.3 Å². The average Bonchev–Trinajstić information content (AvgIpc) is 2.68. The number of para-hydroxylation sites is 1. The van der Waals surface area contributed by atoms with Crippen LogP contribution in [0.2, 0.25) is 0 Å². The molecule has 2 heterocycles.